The van der Waals surface area contributed by atoms with Gasteiger partial charge in [-0.2, -0.15) is 0 Å². The Hall–Kier alpha value is -0.450. The molecule has 0 bridgehead atoms. The highest BCUT2D eigenvalue weighted by atomic mass is 35.5. The number of halogens is 1. The molecule has 0 saturated carbocycles. The third kappa shape index (κ3) is 1.82. The first-order valence-corrected chi connectivity index (χ1v) is 5.27. The Morgan fingerprint density at radius 2 is 2.43 bits per heavy atom. The van der Waals surface area contributed by atoms with Crippen molar-refractivity contribution in [3.63, 3.8) is 0 Å². The van der Waals surface area contributed by atoms with Gasteiger partial charge in [0.2, 0.25) is 0 Å². The van der Waals surface area contributed by atoms with E-state index in [0.717, 1.165) is 23.7 Å². The molecule has 1 N–H and O–H groups in total. The molecule has 5 heteroatoms. The van der Waals surface area contributed by atoms with Gasteiger partial charge in [0.25, 0.3) is 0 Å². The number of aliphatic hydroxyl groups is 1. The van der Waals surface area contributed by atoms with Crippen molar-refractivity contribution in [1.82, 2.24) is 4.98 Å². The molecule has 14 heavy (non-hydrogen) atoms. The molecular weight excluding hydrogens is 220 g/mol. The molecular formula is C9H11ClN2OS. The number of thiol groups is 1. The molecule has 1 aromatic heterocycles. The van der Waals surface area contributed by atoms with Gasteiger partial charge in [-0.05, 0) is 12.5 Å². The zero-order valence-electron chi connectivity index (χ0n) is 7.52. The van der Waals surface area contributed by atoms with Crippen LogP contribution in [-0.2, 0) is 0 Å². The van der Waals surface area contributed by atoms with Crippen molar-refractivity contribution in [3.05, 3.63) is 17.3 Å². The Kier molecular flexibility index (Phi) is 2.85. The van der Waals surface area contributed by atoms with Crippen molar-refractivity contribution < 1.29 is 5.11 Å². The lowest BCUT2D eigenvalue weighted by molar-refractivity contribution is 0.198. The van der Waals surface area contributed by atoms with Gasteiger partial charge >= 0.3 is 0 Å². The van der Waals surface area contributed by atoms with Crippen LogP contribution in [0.15, 0.2) is 17.2 Å². The summed E-state index contributed by atoms with van der Waals surface area (Å²) in [6.45, 7) is 1.40. The summed E-state index contributed by atoms with van der Waals surface area (Å²) in [5.41, 5.74) is 0. The first-order valence-electron chi connectivity index (χ1n) is 4.45. The molecule has 2 rings (SSSR count). The van der Waals surface area contributed by atoms with Crippen molar-refractivity contribution in [2.24, 2.45) is 0 Å². The van der Waals surface area contributed by atoms with E-state index >= 15 is 0 Å². The second-order valence-corrected chi connectivity index (χ2v) is 4.22. The zero-order chi connectivity index (χ0) is 10.1. The van der Waals surface area contributed by atoms with Gasteiger partial charge in [0, 0.05) is 24.2 Å². The molecule has 1 aliphatic rings. The Morgan fingerprint density at radius 3 is 3.07 bits per heavy atom. The average molecular weight is 231 g/mol. The molecule has 0 spiro atoms. The van der Waals surface area contributed by atoms with E-state index in [1.807, 2.05) is 4.90 Å². The third-order valence-electron chi connectivity index (χ3n) is 2.31. The second-order valence-electron chi connectivity index (χ2n) is 3.36. The van der Waals surface area contributed by atoms with E-state index in [2.05, 4.69) is 17.6 Å². The van der Waals surface area contributed by atoms with E-state index in [4.69, 9.17) is 11.6 Å². The number of nitrogens with zero attached hydrogens (tertiary/aromatic N) is 2. The van der Waals surface area contributed by atoms with Gasteiger partial charge in [-0.15, -0.1) is 12.6 Å². The topological polar surface area (TPSA) is 36.4 Å². The molecule has 1 fully saturated rings. The van der Waals surface area contributed by atoms with Gasteiger partial charge in [0.05, 0.1) is 11.1 Å². The van der Waals surface area contributed by atoms with Crippen LogP contribution in [0, 0.1) is 0 Å². The molecule has 1 atom stereocenters. The lowest BCUT2D eigenvalue weighted by Gasteiger charge is -2.18. The predicted molar refractivity (Wildman–Crippen MR) is 59.3 cm³/mol. The van der Waals surface area contributed by atoms with Gasteiger partial charge in [0.1, 0.15) is 5.82 Å². The van der Waals surface area contributed by atoms with Gasteiger partial charge in [-0.1, -0.05) is 11.6 Å². The quantitative estimate of drug-likeness (QED) is 0.720. The van der Waals surface area contributed by atoms with Crippen molar-refractivity contribution in [1.29, 1.82) is 0 Å². The zero-order valence-corrected chi connectivity index (χ0v) is 9.17. The van der Waals surface area contributed by atoms with Gasteiger partial charge < -0.3 is 10.0 Å². The summed E-state index contributed by atoms with van der Waals surface area (Å²) in [7, 11) is 0. The number of β-amino-alcohol motifs (C(OH)–C–C–N with tert-alkyl or cyclic N) is 1. The van der Waals surface area contributed by atoms with Crippen molar-refractivity contribution in [2.75, 3.05) is 18.0 Å². The predicted octanol–water partition coefficient (Wildman–Crippen LogP) is 1.59. The Balaban J connectivity index is 2.28. The second kappa shape index (κ2) is 3.96. The average Bonchev–Trinajstić information content (AvgIpc) is 2.57. The lowest BCUT2D eigenvalue weighted by atomic mass is 10.3. The molecule has 0 aliphatic carbocycles. The van der Waals surface area contributed by atoms with Crippen LogP contribution in [0.2, 0.25) is 5.02 Å². The summed E-state index contributed by atoms with van der Waals surface area (Å²) in [6.07, 6.45) is 2.18. The summed E-state index contributed by atoms with van der Waals surface area (Å²) in [6, 6.07) is 1.75. The van der Waals surface area contributed by atoms with Crippen LogP contribution in [0.25, 0.3) is 0 Å². The van der Waals surface area contributed by atoms with Crippen LogP contribution >= 0.6 is 24.2 Å². The fourth-order valence-corrected chi connectivity index (χ4v) is 1.98. The van der Waals surface area contributed by atoms with E-state index < -0.39 is 0 Å². The fraction of sp³-hybridized carbons (Fsp3) is 0.444. The van der Waals surface area contributed by atoms with Crippen LogP contribution < -0.4 is 4.90 Å². The first-order chi connectivity index (χ1) is 6.68. The molecule has 0 radical (unpaired) electrons. The highest BCUT2D eigenvalue weighted by molar-refractivity contribution is 7.80. The maximum atomic E-state index is 9.39. The van der Waals surface area contributed by atoms with E-state index in [0.29, 0.717) is 11.6 Å². The van der Waals surface area contributed by atoms with E-state index in [1.165, 1.54) is 0 Å². The van der Waals surface area contributed by atoms with Crippen LogP contribution in [0.5, 0.6) is 0 Å². The largest absolute Gasteiger partial charge is 0.391 e. The van der Waals surface area contributed by atoms with E-state index in [1.54, 1.807) is 12.3 Å². The van der Waals surface area contributed by atoms with Crippen LogP contribution in [0.4, 0.5) is 5.82 Å². The molecule has 76 valence electrons. The van der Waals surface area contributed by atoms with Crippen molar-refractivity contribution in [2.45, 2.75) is 17.4 Å². The Bertz CT molecular complexity index is 348. The number of anilines is 1. The van der Waals surface area contributed by atoms with Gasteiger partial charge in [0.15, 0.2) is 0 Å². The summed E-state index contributed by atoms with van der Waals surface area (Å²) in [4.78, 5) is 6.89. The minimum Gasteiger partial charge on any atom is -0.391 e. The molecule has 0 amide bonds. The number of pyridine rings is 1. The van der Waals surface area contributed by atoms with Crippen LogP contribution in [0.3, 0.4) is 0 Å². The number of hydrogen-bond acceptors (Lipinski definition) is 4. The Labute approximate surface area is 93.1 Å². The number of aliphatic hydroxyl groups excluding tert-OH is 1. The summed E-state index contributed by atoms with van der Waals surface area (Å²) >= 11 is 10.3. The summed E-state index contributed by atoms with van der Waals surface area (Å²) in [5.74, 6) is 0.718. The van der Waals surface area contributed by atoms with Crippen molar-refractivity contribution >= 4 is 30.0 Å². The molecule has 0 unspecified atom stereocenters. The molecule has 1 aliphatic heterocycles. The SMILES string of the molecule is O[C@H]1CCN(c2nccc(S)c2Cl)C1. The molecule has 1 saturated heterocycles. The monoisotopic (exact) mass is 230 g/mol. The minimum atomic E-state index is -0.267. The highest BCUT2D eigenvalue weighted by Crippen LogP contribution is 2.30. The smallest absolute Gasteiger partial charge is 0.148 e. The maximum Gasteiger partial charge on any atom is 0.148 e. The molecule has 2 heterocycles. The summed E-state index contributed by atoms with van der Waals surface area (Å²) in [5, 5.41) is 9.95. The Morgan fingerprint density at radius 1 is 1.64 bits per heavy atom. The third-order valence-corrected chi connectivity index (χ3v) is 3.19. The van der Waals surface area contributed by atoms with Crippen LogP contribution in [-0.4, -0.2) is 29.3 Å². The van der Waals surface area contributed by atoms with Crippen LogP contribution in [0.1, 0.15) is 6.42 Å². The first kappa shape index (κ1) is 10.1. The highest BCUT2D eigenvalue weighted by Gasteiger charge is 2.23. The maximum absolute atomic E-state index is 9.39. The number of rotatable bonds is 1. The lowest BCUT2D eigenvalue weighted by Crippen LogP contribution is -2.22. The minimum absolute atomic E-state index is 0.267. The summed E-state index contributed by atoms with van der Waals surface area (Å²) < 4.78 is 0. The molecule has 0 aromatic carbocycles. The van der Waals surface area contributed by atoms with Gasteiger partial charge in [-0.3, -0.25) is 0 Å². The number of hydrogen-bond donors (Lipinski definition) is 2. The standard InChI is InChI=1S/C9H11ClN2OS/c10-8-7(14)1-3-11-9(8)12-4-2-6(13)5-12/h1,3,6,13H,2,4-5H2,(H,11,14)/t6-/m0/s1. The van der Waals surface area contributed by atoms with Gasteiger partial charge in [-0.25, -0.2) is 4.98 Å². The normalized spacial score (nSPS) is 21.6. The van der Waals surface area contributed by atoms with E-state index in [-0.39, 0.29) is 6.10 Å². The number of aromatic nitrogens is 1. The molecule has 3 nitrogen and oxygen atoms in total. The fourth-order valence-electron chi connectivity index (χ4n) is 1.58. The molecule has 1 aromatic rings. The van der Waals surface area contributed by atoms with E-state index in [9.17, 15) is 5.11 Å². The van der Waals surface area contributed by atoms with Crippen molar-refractivity contribution in [3.8, 4) is 0 Å².